The van der Waals surface area contributed by atoms with Gasteiger partial charge in [0, 0.05) is 32.4 Å². The Bertz CT molecular complexity index is 374. The quantitative estimate of drug-likeness (QED) is 0.825. The minimum Gasteiger partial charge on any atom is -0.479 e. The summed E-state index contributed by atoms with van der Waals surface area (Å²) in [4.78, 5) is 24.9. The molecule has 2 fully saturated rings. The Kier molecular flexibility index (Phi) is 4.68. The highest BCUT2D eigenvalue weighted by atomic mass is 16.4. The van der Waals surface area contributed by atoms with Gasteiger partial charge in [0.1, 0.15) is 0 Å². The van der Waals surface area contributed by atoms with E-state index >= 15 is 0 Å². The van der Waals surface area contributed by atoms with Crippen LogP contribution in [0.25, 0.3) is 0 Å². The van der Waals surface area contributed by atoms with Gasteiger partial charge in [-0.1, -0.05) is 19.8 Å². The number of amides is 1. The number of likely N-dealkylation sites (tertiary alicyclic amines) is 1. The molecule has 0 aromatic rings. The first-order valence-corrected chi connectivity index (χ1v) is 7.64. The molecule has 1 saturated carbocycles. The Morgan fingerprint density at radius 2 is 1.90 bits per heavy atom. The van der Waals surface area contributed by atoms with E-state index in [1.54, 1.807) is 4.90 Å². The molecule has 1 aliphatic heterocycles. The monoisotopic (exact) mass is 283 g/mol. The van der Waals surface area contributed by atoms with E-state index in [4.69, 9.17) is 5.11 Å². The Hall–Kier alpha value is -1.10. The van der Waals surface area contributed by atoms with Gasteiger partial charge in [0.2, 0.25) is 5.91 Å². The zero-order chi connectivity index (χ0) is 14.8. The maximum Gasteiger partial charge on any atom is 0.335 e. The highest BCUT2D eigenvalue weighted by Gasteiger charge is 2.40. The third-order valence-electron chi connectivity index (χ3n) is 4.85. The molecule has 2 N–H and O–H groups in total. The molecule has 2 aliphatic rings. The van der Waals surface area contributed by atoms with Crippen LogP contribution in [0.5, 0.6) is 0 Å². The Labute approximate surface area is 120 Å². The van der Waals surface area contributed by atoms with E-state index < -0.39 is 11.6 Å². The van der Waals surface area contributed by atoms with E-state index in [0.717, 1.165) is 12.8 Å². The van der Waals surface area contributed by atoms with Crippen molar-refractivity contribution in [1.82, 2.24) is 4.90 Å². The third-order valence-corrected chi connectivity index (χ3v) is 4.85. The topological polar surface area (TPSA) is 77.8 Å². The van der Waals surface area contributed by atoms with Crippen LogP contribution < -0.4 is 0 Å². The molecule has 1 amide bonds. The number of carbonyl (C=O) groups is 2. The summed E-state index contributed by atoms with van der Waals surface area (Å²) >= 11 is 0. The minimum absolute atomic E-state index is 0.122. The van der Waals surface area contributed by atoms with Crippen LogP contribution in [0.4, 0.5) is 0 Å². The number of aliphatic hydroxyl groups is 1. The van der Waals surface area contributed by atoms with Crippen molar-refractivity contribution in [2.45, 2.75) is 57.5 Å². The average Bonchev–Trinajstić information content (AvgIpc) is 2.39. The van der Waals surface area contributed by atoms with E-state index in [-0.39, 0.29) is 18.7 Å². The second-order valence-electron chi connectivity index (χ2n) is 6.56. The normalized spacial score (nSPS) is 30.0. The standard InChI is InChI=1S/C15H25NO4/c1-11-3-2-4-12(9-11)10-13(17)16-7-5-15(20,6-8-16)14(18)19/h11-12,20H,2-10H2,1H3,(H,18,19). The maximum atomic E-state index is 12.3. The number of carboxylic acid groups (broad SMARTS) is 1. The van der Waals surface area contributed by atoms with Gasteiger partial charge in [-0.15, -0.1) is 0 Å². The van der Waals surface area contributed by atoms with Gasteiger partial charge in [-0.2, -0.15) is 0 Å². The van der Waals surface area contributed by atoms with Gasteiger partial charge in [-0.25, -0.2) is 4.79 Å². The summed E-state index contributed by atoms with van der Waals surface area (Å²) in [5.74, 6) is 0.133. The summed E-state index contributed by atoms with van der Waals surface area (Å²) < 4.78 is 0. The van der Waals surface area contributed by atoms with Crippen molar-refractivity contribution in [1.29, 1.82) is 0 Å². The Morgan fingerprint density at radius 3 is 2.45 bits per heavy atom. The molecule has 114 valence electrons. The maximum absolute atomic E-state index is 12.3. The largest absolute Gasteiger partial charge is 0.479 e. The van der Waals surface area contributed by atoms with Gasteiger partial charge in [0.25, 0.3) is 0 Å². The second-order valence-corrected chi connectivity index (χ2v) is 6.56. The molecule has 2 rings (SSSR count). The zero-order valence-electron chi connectivity index (χ0n) is 12.2. The lowest BCUT2D eigenvalue weighted by molar-refractivity contribution is -0.165. The number of carboxylic acids is 1. The lowest BCUT2D eigenvalue weighted by atomic mass is 9.80. The molecule has 1 saturated heterocycles. The smallest absolute Gasteiger partial charge is 0.335 e. The van der Waals surface area contributed by atoms with Crippen molar-refractivity contribution in [3.63, 3.8) is 0 Å². The van der Waals surface area contributed by atoms with Crippen molar-refractivity contribution < 1.29 is 19.8 Å². The van der Waals surface area contributed by atoms with Gasteiger partial charge >= 0.3 is 5.97 Å². The molecular weight excluding hydrogens is 258 g/mol. The minimum atomic E-state index is -1.64. The summed E-state index contributed by atoms with van der Waals surface area (Å²) in [6.45, 7) is 2.94. The molecule has 1 aliphatic carbocycles. The molecule has 2 unspecified atom stereocenters. The van der Waals surface area contributed by atoms with Crippen LogP contribution in [-0.4, -0.2) is 45.7 Å². The SMILES string of the molecule is CC1CCCC(CC(=O)N2CCC(O)(C(=O)O)CC2)C1. The van der Waals surface area contributed by atoms with Crippen LogP contribution in [0.1, 0.15) is 51.9 Å². The van der Waals surface area contributed by atoms with Gasteiger partial charge in [-0.05, 0) is 24.7 Å². The van der Waals surface area contributed by atoms with Gasteiger partial charge in [0.15, 0.2) is 5.60 Å². The molecule has 5 heteroatoms. The van der Waals surface area contributed by atoms with Crippen LogP contribution in [0.15, 0.2) is 0 Å². The fraction of sp³-hybridized carbons (Fsp3) is 0.867. The number of nitrogens with zero attached hydrogens (tertiary/aromatic N) is 1. The number of hydrogen-bond donors (Lipinski definition) is 2. The van der Waals surface area contributed by atoms with Crippen molar-refractivity contribution >= 4 is 11.9 Å². The predicted molar refractivity (Wildman–Crippen MR) is 74.1 cm³/mol. The summed E-state index contributed by atoms with van der Waals surface area (Å²) in [6, 6.07) is 0. The Morgan fingerprint density at radius 1 is 1.25 bits per heavy atom. The van der Waals surface area contributed by atoms with Gasteiger partial charge < -0.3 is 15.1 Å². The van der Waals surface area contributed by atoms with Gasteiger partial charge in [0.05, 0.1) is 0 Å². The first-order chi connectivity index (χ1) is 9.40. The first kappa shape index (κ1) is 15.3. The number of rotatable bonds is 3. The molecule has 5 nitrogen and oxygen atoms in total. The van der Waals surface area contributed by atoms with E-state index in [2.05, 4.69) is 6.92 Å². The molecule has 0 aromatic carbocycles. The van der Waals surface area contributed by atoms with E-state index in [0.29, 0.717) is 31.3 Å². The van der Waals surface area contributed by atoms with Crippen molar-refractivity contribution in [3.8, 4) is 0 Å². The molecule has 0 bridgehead atoms. The number of hydrogen-bond acceptors (Lipinski definition) is 3. The summed E-state index contributed by atoms with van der Waals surface area (Å²) in [6.07, 6.45) is 5.57. The zero-order valence-corrected chi connectivity index (χ0v) is 12.2. The molecule has 1 heterocycles. The second kappa shape index (κ2) is 6.12. The molecular formula is C15H25NO4. The van der Waals surface area contributed by atoms with E-state index in [1.165, 1.54) is 12.8 Å². The highest BCUT2D eigenvalue weighted by Crippen LogP contribution is 2.31. The fourth-order valence-electron chi connectivity index (χ4n) is 3.46. The Balaban J connectivity index is 1.81. The van der Waals surface area contributed by atoms with Crippen LogP contribution in [0.3, 0.4) is 0 Å². The van der Waals surface area contributed by atoms with E-state index in [9.17, 15) is 14.7 Å². The summed E-state index contributed by atoms with van der Waals surface area (Å²) in [5, 5.41) is 18.8. The van der Waals surface area contributed by atoms with Gasteiger partial charge in [-0.3, -0.25) is 4.79 Å². The fourth-order valence-corrected chi connectivity index (χ4v) is 3.46. The molecule has 20 heavy (non-hydrogen) atoms. The predicted octanol–water partition coefficient (Wildman–Crippen LogP) is 1.64. The summed E-state index contributed by atoms with van der Waals surface area (Å²) in [5.41, 5.74) is -1.64. The first-order valence-electron chi connectivity index (χ1n) is 7.64. The number of piperidine rings is 1. The lowest BCUT2D eigenvalue weighted by Gasteiger charge is -2.36. The van der Waals surface area contributed by atoms with Crippen LogP contribution in [-0.2, 0) is 9.59 Å². The number of carbonyl (C=O) groups excluding carboxylic acids is 1. The summed E-state index contributed by atoms with van der Waals surface area (Å²) in [7, 11) is 0. The molecule has 2 atom stereocenters. The van der Waals surface area contributed by atoms with Crippen molar-refractivity contribution in [2.24, 2.45) is 11.8 Å². The molecule has 0 spiro atoms. The van der Waals surface area contributed by atoms with E-state index in [1.807, 2.05) is 0 Å². The van der Waals surface area contributed by atoms with Crippen LogP contribution in [0, 0.1) is 11.8 Å². The number of aliphatic carboxylic acids is 1. The third kappa shape index (κ3) is 3.51. The van der Waals surface area contributed by atoms with Crippen LogP contribution >= 0.6 is 0 Å². The average molecular weight is 283 g/mol. The highest BCUT2D eigenvalue weighted by molar-refractivity contribution is 5.79. The molecule has 0 radical (unpaired) electrons. The van der Waals surface area contributed by atoms with Crippen molar-refractivity contribution in [3.05, 3.63) is 0 Å². The molecule has 0 aromatic heterocycles. The van der Waals surface area contributed by atoms with Crippen LogP contribution in [0.2, 0.25) is 0 Å². The lowest BCUT2D eigenvalue weighted by Crippen LogP contribution is -2.51. The van der Waals surface area contributed by atoms with Crippen molar-refractivity contribution in [2.75, 3.05) is 13.1 Å².